The molecule has 3 aromatic carbocycles. The Balaban J connectivity index is 1.85. The summed E-state index contributed by atoms with van der Waals surface area (Å²) in [6, 6.07) is 19.5. The van der Waals surface area contributed by atoms with Crippen molar-refractivity contribution in [3.63, 3.8) is 0 Å². The van der Waals surface area contributed by atoms with Crippen molar-refractivity contribution in [2.45, 2.75) is 52.2 Å². The normalized spacial score (nSPS) is 12.4. The molecular formula is C28H30FN5O2. The summed E-state index contributed by atoms with van der Waals surface area (Å²) in [5, 5.41) is 11.3. The first-order chi connectivity index (χ1) is 17.2. The summed E-state index contributed by atoms with van der Waals surface area (Å²) in [5.41, 5.74) is 2.23. The van der Waals surface area contributed by atoms with Gasteiger partial charge in [0.2, 0.25) is 11.8 Å². The molecule has 0 bridgehead atoms. The van der Waals surface area contributed by atoms with Crippen molar-refractivity contribution >= 4 is 28.5 Å². The predicted molar refractivity (Wildman–Crippen MR) is 138 cm³/mol. The minimum absolute atomic E-state index is 0.0182. The number of anilines is 1. The molecule has 0 fully saturated rings. The molecule has 4 aromatic rings. The fourth-order valence-corrected chi connectivity index (χ4v) is 4.08. The summed E-state index contributed by atoms with van der Waals surface area (Å²) in [4.78, 5) is 29.1. The topological polar surface area (TPSA) is 80.1 Å². The number of aryl methyl sites for hydroxylation is 1. The Bertz CT molecular complexity index is 1400. The van der Waals surface area contributed by atoms with Crippen molar-refractivity contribution in [3.05, 3.63) is 89.7 Å². The molecule has 186 valence electrons. The predicted octanol–water partition coefficient (Wildman–Crippen LogP) is 4.96. The number of halogens is 1. The minimum Gasteiger partial charge on any atom is -0.349 e. The number of nitrogens with one attached hydrogen (secondary N) is 1. The Hall–Kier alpha value is -4.07. The highest BCUT2D eigenvalue weighted by atomic mass is 19.1. The molecule has 4 rings (SSSR count). The summed E-state index contributed by atoms with van der Waals surface area (Å²) in [7, 11) is 0. The molecule has 1 aromatic heterocycles. The minimum atomic E-state index is -1.10. The third-order valence-electron chi connectivity index (χ3n) is 6.42. The number of rotatable bonds is 8. The van der Waals surface area contributed by atoms with Gasteiger partial charge in [0.15, 0.2) is 0 Å². The maximum atomic E-state index is 15.2. The number of fused-ring (bicyclic) bond motifs is 1. The van der Waals surface area contributed by atoms with E-state index in [1.165, 1.54) is 21.7 Å². The van der Waals surface area contributed by atoms with Gasteiger partial charge in [-0.3, -0.25) is 14.5 Å². The van der Waals surface area contributed by atoms with Crippen LogP contribution in [-0.4, -0.2) is 32.3 Å². The van der Waals surface area contributed by atoms with Gasteiger partial charge in [-0.1, -0.05) is 60.7 Å². The largest absolute Gasteiger partial charge is 0.349 e. The molecule has 1 unspecified atom stereocenters. The van der Waals surface area contributed by atoms with Crippen LogP contribution in [0.3, 0.4) is 0 Å². The number of hydrogen-bond acceptors (Lipinski definition) is 4. The second-order valence-electron chi connectivity index (χ2n) is 9.44. The van der Waals surface area contributed by atoms with Gasteiger partial charge < -0.3 is 5.32 Å². The fraction of sp³-hybridized carbons (Fsp3) is 0.286. The van der Waals surface area contributed by atoms with Crippen molar-refractivity contribution in [2.24, 2.45) is 0 Å². The van der Waals surface area contributed by atoms with Gasteiger partial charge in [0.25, 0.3) is 0 Å². The van der Waals surface area contributed by atoms with Gasteiger partial charge in [-0.2, -0.15) is 0 Å². The van der Waals surface area contributed by atoms with Crippen LogP contribution in [0.15, 0.2) is 72.8 Å². The average molecular weight is 488 g/mol. The average Bonchev–Trinajstić information content (AvgIpc) is 3.26. The van der Waals surface area contributed by atoms with E-state index in [0.29, 0.717) is 23.0 Å². The maximum Gasteiger partial charge on any atom is 0.249 e. The number of nitrogens with zero attached hydrogens (tertiary/aromatic N) is 4. The van der Waals surface area contributed by atoms with E-state index in [9.17, 15) is 9.59 Å². The van der Waals surface area contributed by atoms with Gasteiger partial charge in [-0.25, -0.2) is 9.07 Å². The van der Waals surface area contributed by atoms with E-state index >= 15 is 4.39 Å². The van der Waals surface area contributed by atoms with Crippen molar-refractivity contribution in [3.8, 4) is 0 Å². The summed E-state index contributed by atoms with van der Waals surface area (Å²) in [6.45, 7) is 7.45. The van der Waals surface area contributed by atoms with E-state index < -0.39 is 29.2 Å². The lowest BCUT2D eigenvalue weighted by atomic mass is 9.95. The Labute approximate surface area is 209 Å². The van der Waals surface area contributed by atoms with E-state index in [1.54, 1.807) is 24.3 Å². The summed E-state index contributed by atoms with van der Waals surface area (Å²) >= 11 is 0. The molecule has 2 amide bonds. The summed E-state index contributed by atoms with van der Waals surface area (Å²) < 4.78 is 16.7. The molecule has 1 atom stereocenters. The molecule has 1 N–H and O–H groups in total. The van der Waals surface area contributed by atoms with Crippen molar-refractivity contribution < 1.29 is 14.0 Å². The highest BCUT2D eigenvalue weighted by Crippen LogP contribution is 2.32. The monoisotopic (exact) mass is 487 g/mol. The molecule has 0 radical (unpaired) electrons. The van der Waals surface area contributed by atoms with Gasteiger partial charge in [0.1, 0.15) is 23.9 Å². The molecule has 0 saturated carbocycles. The van der Waals surface area contributed by atoms with Crippen LogP contribution in [0.1, 0.15) is 44.4 Å². The number of benzene rings is 3. The Morgan fingerprint density at radius 1 is 1.03 bits per heavy atom. The second-order valence-corrected chi connectivity index (χ2v) is 9.44. The number of carbonyl (C=O) groups excluding carboxylic acids is 2. The molecule has 0 spiro atoms. The van der Waals surface area contributed by atoms with Crippen LogP contribution in [0, 0.1) is 12.7 Å². The Morgan fingerprint density at radius 2 is 1.69 bits per heavy atom. The molecule has 8 heteroatoms. The Morgan fingerprint density at radius 3 is 2.42 bits per heavy atom. The third kappa shape index (κ3) is 5.12. The van der Waals surface area contributed by atoms with E-state index in [2.05, 4.69) is 15.6 Å². The van der Waals surface area contributed by atoms with Crippen LogP contribution in [0.4, 0.5) is 10.1 Å². The third-order valence-corrected chi connectivity index (χ3v) is 6.42. The van der Waals surface area contributed by atoms with Crippen LogP contribution in [0.5, 0.6) is 0 Å². The zero-order valence-electron chi connectivity index (χ0n) is 20.9. The molecule has 0 saturated heterocycles. The lowest BCUT2D eigenvalue weighted by molar-refractivity contribution is -0.128. The maximum absolute atomic E-state index is 15.2. The van der Waals surface area contributed by atoms with E-state index in [-0.39, 0.29) is 12.2 Å². The number of aromatic nitrogens is 3. The van der Waals surface area contributed by atoms with Crippen molar-refractivity contribution in [2.75, 3.05) is 4.90 Å². The number of para-hydroxylation sites is 2. The Kier molecular flexibility index (Phi) is 7.15. The van der Waals surface area contributed by atoms with Crippen LogP contribution in [0.25, 0.3) is 11.0 Å². The molecule has 0 aliphatic carbocycles. The van der Waals surface area contributed by atoms with Crippen LogP contribution >= 0.6 is 0 Å². The van der Waals surface area contributed by atoms with Gasteiger partial charge in [0.05, 0.1) is 11.2 Å². The van der Waals surface area contributed by atoms with Crippen LogP contribution in [-0.2, 0) is 16.1 Å². The van der Waals surface area contributed by atoms with Crippen LogP contribution in [0.2, 0.25) is 0 Å². The SMILES string of the molecule is CCC(C)(C)NC(=O)C(c1ccccc1C)N(C(=O)Cn1nnc2ccccc21)c1ccccc1F. The zero-order chi connectivity index (χ0) is 25.9. The van der Waals surface area contributed by atoms with Gasteiger partial charge in [0, 0.05) is 5.54 Å². The first kappa shape index (κ1) is 25.0. The lowest BCUT2D eigenvalue weighted by Gasteiger charge is -2.35. The summed E-state index contributed by atoms with van der Waals surface area (Å²) in [5.74, 6) is -1.49. The highest BCUT2D eigenvalue weighted by Gasteiger charge is 2.37. The molecule has 7 nitrogen and oxygen atoms in total. The molecular weight excluding hydrogens is 457 g/mol. The van der Waals surface area contributed by atoms with E-state index in [0.717, 1.165) is 5.56 Å². The van der Waals surface area contributed by atoms with Gasteiger partial charge in [-0.05, 0) is 62.6 Å². The quantitative estimate of drug-likeness (QED) is 0.381. The highest BCUT2D eigenvalue weighted by molar-refractivity contribution is 6.02. The van der Waals surface area contributed by atoms with E-state index in [4.69, 9.17) is 0 Å². The van der Waals surface area contributed by atoms with Gasteiger partial charge in [-0.15, -0.1) is 5.10 Å². The molecule has 0 aliphatic rings. The smallest absolute Gasteiger partial charge is 0.249 e. The standard InChI is InChI=1S/C28H30FN5O2/c1-5-28(3,4)30-27(36)26(20-13-7-6-12-19(20)2)34(23-16-10-8-14-21(23)29)25(35)18-33-24-17-11-9-15-22(24)31-32-33/h6-17,26H,5,18H2,1-4H3,(H,30,36). The number of carbonyl (C=O) groups is 2. The first-order valence-electron chi connectivity index (χ1n) is 11.9. The van der Waals surface area contributed by atoms with Gasteiger partial charge >= 0.3 is 0 Å². The number of amides is 2. The first-order valence-corrected chi connectivity index (χ1v) is 11.9. The van der Waals surface area contributed by atoms with Crippen molar-refractivity contribution in [1.82, 2.24) is 20.3 Å². The number of hydrogen-bond donors (Lipinski definition) is 1. The van der Waals surface area contributed by atoms with Crippen molar-refractivity contribution in [1.29, 1.82) is 0 Å². The second kappa shape index (κ2) is 10.3. The fourth-order valence-electron chi connectivity index (χ4n) is 4.08. The lowest BCUT2D eigenvalue weighted by Crippen LogP contribution is -2.51. The van der Waals surface area contributed by atoms with Crippen LogP contribution < -0.4 is 10.2 Å². The molecule has 36 heavy (non-hydrogen) atoms. The van der Waals surface area contributed by atoms with E-state index in [1.807, 2.05) is 64.1 Å². The summed E-state index contributed by atoms with van der Waals surface area (Å²) in [6.07, 6.45) is 0.678. The molecule has 1 heterocycles. The molecule has 0 aliphatic heterocycles. The zero-order valence-corrected chi connectivity index (χ0v) is 20.9.